The zero-order chi connectivity index (χ0) is 15.7. The first-order valence-corrected chi connectivity index (χ1v) is 7.79. The van der Waals surface area contributed by atoms with Gasteiger partial charge in [0.25, 0.3) is 10.0 Å². The van der Waals surface area contributed by atoms with Crippen LogP contribution in [0.1, 0.15) is 5.56 Å². The summed E-state index contributed by atoms with van der Waals surface area (Å²) in [5.74, 6) is -0.0884. The third-order valence-electron chi connectivity index (χ3n) is 2.47. The number of nitrogens with zero attached hydrogens (tertiary/aromatic N) is 1. The summed E-state index contributed by atoms with van der Waals surface area (Å²) in [5.41, 5.74) is -1.23. The molecule has 4 nitrogen and oxygen atoms in total. The molecule has 1 N–H and O–H groups in total. The molecule has 0 radical (unpaired) electrons. The molecule has 0 saturated carbocycles. The monoisotopic (exact) mass is 380 g/mol. The highest BCUT2D eigenvalue weighted by Gasteiger charge is 2.37. The Morgan fingerprint density at radius 3 is 2.38 bits per heavy atom. The molecule has 1 aromatic carbocycles. The van der Waals surface area contributed by atoms with Gasteiger partial charge in [-0.2, -0.15) is 13.2 Å². The van der Waals surface area contributed by atoms with E-state index in [1.165, 1.54) is 18.3 Å². The number of rotatable bonds is 3. The lowest BCUT2D eigenvalue weighted by Crippen LogP contribution is -2.19. The van der Waals surface area contributed by atoms with E-state index in [1.807, 2.05) is 4.72 Å². The van der Waals surface area contributed by atoms with Crippen LogP contribution < -0.4 is 4.72 Å². The van der Waals surface area contributed by atoms with Crippen LogP contribution in [-0.4, -0.2) is 13.4 Å². The third kappa shape index (κ3) is 3.53. The molecule has 2 aromatic rings. The molecule has 21 heavy (non-hydrogen) atoms. The van der Waals surface area contributed by atoms with Crippen molar-refractivity contribution in [1.29, 1.82) is 0 Å². The van der Waals surface area contributed by atoms with Crippen LogP contribution in [0.4, 0.5) is 19.0 Å². The van der Waals surface area contributed by atoms with Gasteiger partial charge in [0.15, 0.2) is 5.82 Å². The molecule has 1 heterocycles. The van der Waals surface area contributed by atoms with Crippen molar-refractivity contribution in [3.8, 4) is 0 Å². The van der Waals surface area contributed by atoms with E-state index >= 15 is 0 Å². The smallest absolute Gasteiger partial charge is 0.262 e. The first-order chi connectivity index (χ1) is 9.72. The number of aromatic nitrogens is 1. The van der Waals surface area contributed by atoms with Gasteiger partial charge < -0.3 is 0 Å². The highest BCUT2D eigenvalue weighted by molar-refractivity contribution is 9.10. The van der Waals surface area contributed by atoms with Crippen molar-refractivity contribution >= 4 is 31.8 Å². The van der Waals surface area contributed by atoms with Crippen LogP contribution in [0, 0.1) is 0 Å². The van der Waals surface area contributed by atoms with E-state index in [9.17, 15) is 21.6 Å². The first kappa shape index (κ1) is 15.8. The molecule has 0 aliphatic heterocycles. The molecule has 0 unspecified atom stereocenters. The van der Waals surface area contributed by atoms with Crippen molar-refractivity contribution in [3.05, 3.63) is 52.6 Å². The van der Waals surface area contributed by atoms with E-state index in [0.29, 0.717) is 10.5 Å². The highest BCUT2D eigenvalue weighted by atomic mass is 79.9. The molecule has 0 spiro atoms. The number of pyridine rings is 1. The van der Waals surface area contributed by atoms with Crippen LogP contribution in [0.2, 0.25) is 0 Å². The summed E-state index contributed by atoms with van der Waals surface area (Å²) < 4.78 is 65.3. The van der Waals surface area contributed by atoms with Crippen LogP contribution in [0.5, 0.6) is 0 Å². The van der Waals surface area contributed by atoms with E-state index in [2.05, 4.69) is 20.9 Å². The van der Waals surface area contributed by atoms with Gasteiger partial charge in [-0.05, 0) is 40.2 Å². The molecule has 0 fully saturated rings. The van der Waals surface area contributed by atoms with Crippen molar-refractivity contribution in [2.45, 2.75) is 11.1 Å². The zero-order valence-corrected chi connectivity index (χ0v) is 12.6. The maximum atomic E-state index is 12.9. The molecule has 1 aromatic heterocycles. The van der Waals surface area contributed by atoms with Gasteiger partial charge in [0.1, 0.15) is 0 Å². The Morgan fingerprint density at radius 2 is 1.76 bits per heavy atom. The fourth-order valence-corrected chi connectivity index (χ4v) is 3.32. The van der Waals surface area contributed by atoms with E-state index in [1.54, 1.807) is 6.07 Å². The van der Waals surface area contributed by atoms with E-state index < -0.39 is 26.7 Å². The average molecular weight is 381 g/mol. The number of alkyl halides is 3. The Morgan fingerprint density at radius 1 is 1.10 bits per heavy atom. The van der Waals surface area contributed by atoms with Crippen LogP contribution >= 0.6 is 15.9 Å². The first-order valence-electron chi connectivity index (χ1n) is 5.51. The minimum absolute atomic E-state index is 0.0884. The Kier molecular flexibility index (Phi) is 4.24. The second-order valence-corrected chi connectivity index (χ2v) is 6.44. The van der Waals surface area contributed by atoms with Crippen LogP contribution in [0.3, 0.4) is 0 Å². The van der Waals surface area contributed by atoms with Gasteiger partial charge in [-0.25, -0.2) is 13.4 Å². The minimum atomic E-state index is -4.77. The summed E-state index contributed by atoms with van der Waals surface area (Å²) in [6.07, 6.45) is -3.45. The lowest BCUT2D eigenvalue weighted by molar-refractivity contribution is -0.139. The van der Waals surface area contributed by atoms with Crippen molar-refractivity contribution in [2.24, 2.45) is 0 Å². The number of anilines is 1. The molecule has 0 saturated heterocycles. The average Bonchev–Trinajstić information content (AvgIpc) is 2.40. The van der Waals surface area contributed by atoms with Gasteiger partial charge in [-0.3, -0.25) is 4.72 Å². The normalized spacial score (nSPS) is 12.2. The van der Waals surface area contributed by atoms with Gasteiger partial charge in [-0.15, -0.1) is 0 Å². The maximum Gasteiger partial charge on any atom is 0.417 e. The molecule has 112 valence electrons. The summed E-state index contributed by atoms with van der Waals surface area (Å²) in [6.45, 7) is 0. The van der Waals surface area contributed by atoms with Gasteiger partial charge >= 0.3 is 6.18 Å². The summed E-state index contributed by atoms with van der Waals surface area (Å²) in [5, 5.41) is 0. The summed E-state index contributed by atoms with van der Waals surface area (Å²) in [7, 11) is -4.41. The van der Waals surface area contributed by atoms with Crippen LogP contribution in [-0.2, 0) is 16.2 Å². The number of benzene rings is 1. The summed E-state index contributed by atoms with van der Waals surface area (Å²) >= 11 is 3.07. The number of hydrogen-bond acceptors (Lipinski definition) is 3. The standard InChI is InChI=1S/C12H8BrF3N2O2S/c13-9-5-3-7-17-11(9)18-21(19,20)10-6-2-1-4-8(10)12(14,15)16/h1-7H,(H,17,18). The van der Waals surface area contributed by atoms with Crippen molar-refractivity contribution in [3.63, 3.8) is 0 Å². The maximum absolute atomic E-state index is 12.9. The Balaban J connectivity index is 2.49. The number of hydrogen-bond donors (Lipinski definition) is 1. The molecule has 0 atom stereocenters. The van der Waals surface area contributed by atoms with Gasteiger partial charge in [0.2, 0.25) is 0 Å². The molecule has 9 heteroatoms. The number of halogens is 4. The fraction of sp³-hybridized carbons (Fsp3) is 0.0833. The van der Waals surface area contributed by atoms with Crippen molar-refractivity contribution in [1.82, 2.24) is 4.98 Å². The Labute approximate surface area is 127 Å². The molecular formula is C12H8BrF3N2O2S. The quantitative estimate of drug-likeness (QED) is 0.883. The summed E-state index contributed by atoms with van der Waals surface area (Å²) in [4.78, 5) is 2.91. The Hall–Kier alpha value is -1.61. The minimum Gasteiger partial charge on any atom is -0.262 e. The zero-order valence-electron chi connectivity index (χ0n) is 10.2. The SMILES string of the molecule is O=S(=O)(Nc1ncccc1Br)c1ccccc1C(F)(F)F. The number of sulfonamides is 1. The Bertz CT molecular complexity index is 763. The van der Waals surface area contributed by atoms with Crippen molar-refractivity contribution in [2.75, 3.05) is 4.72 Å². The number of nitrogens with one attached hydrogen (secondary N) is 1. The predicted octanol–water partition coefficient (Wildman–Crippen LogP) is 3.66. The lowest BCUT2D eigenvalue weighted by Gasteiger charge is -2.14. The van der Waals surface area contributed by atoms with E-state index in [0.717, 1.165) is 12.1 Å². The topological polar surface area (TPSA) is 59.1 Å². The van der Waals surface area contributed by atoms with Crippen molar-refractivity contribution < 1.29 is 21.6 Å². The molecule has 0 bridgehead atoms. The van der Waals surface area contributed by atoms with Gasteiger partial charge in [0, 0.05) is 6.20 Å². The molecular weight excluding hydrogens is 373 g/mol. The highest BCUT2D eigenvalue weighted by Crippen LogP contribution is 2.34. The summed E-state index contributed by atoms with van der Waals surface area (Å²) in [6, 6.07) is 7.01. The third-order valence-corrected chi connectivity index (χ3v) is 4.51. The van der Waals surface area contributed by atoms with Crippen LogP contribution in [0.15, 0.2) is 52.0 Å². The second kappa shape index (κ2) is 5.64. The lowest BCUT2D eigenvalue weighted by atomic mass is 10.2. The fourth-order valence-electron chi connectivity index (χ4n) is 1.58. The van der Waals surface area contributed by atoms with E-state index in [4.69, 9.17) is 0 Å². The van der Waals surface area contributed by atoms with Crippen LogP contribution in [0.25, 0.3) is 0 Å². The van der Waals surface area contributed by atoms with E-state index in [-0.39, 0.29) is 5.82 Å². The molecule has 0 amide bonds. The molecule has 2 rings (SSSR count). The predicted molar refractivity (Wildman–Crippen MR) is 74.2 cm³/mol. The largest absolute Gasteiger partial charge is 0.417 e. The van der Waals surface area contributed by atoms with Gasteiger partial charge in [0.05, 0.1) is 14.9 Å². The van der Waals surface area contributed by atoms with Gasteiger partial charge in [-0.1, -0.05) is 12.1 Å². The second-order valence-electron chi connectivity index (χ2n) is 3.93. The molecule has 0 aliphatic rings. The molecule has 0 aliphatic carbocycles.